The van der Waals surface area contributed by atoms with E-state index in [-0.39, 0.29) is 0 Å². The van der Waals surface area contributed by atoms with E-state index in [1.54, 1.807) is 0 Å². The van der Waals surface area contributed by atoms with E-state index in [2.05, 4.69) is 36.3 Å². The summed E-state index contributed by atoms with van der Waals surface area (Å²) in [5, 5.41) is 3.43. The van der Waals surface area contributed by atoms with Crippen LogP contribution >= 0.6 is 0 Å². The Hall–Kier alpha value is -1.22. The van der Waals surface area contributed by atoms with E-state index < -0.39 is 0 Å². The summed E-state index contributed by atoms with van der Waals surface area (Å²) in [6, 6.07) is 6.98. The first-order valence-electron chi connectivity index (χ1n) is 6.97. The lowest BCUT2D eigenvalue weighted by Crippen LogP contribution is -2.33. The second-order valence-corrected chi connectivity index (χ2v) is 5.44. The number of likely N-dealkylation sites (N-methyl/N-ethyl adjacent to an activating group) is 1. The number of hydrogen-bond donors (Lipinski definition) is 2. The van der Waals surface area contributed by atoms with E-state index in [1.807, 2.05) is 6.07 Å². The van der Waals surface area contributed by atoms with Crippen molar-refractivity contribution in [2.75, 3.05) is 31.2 Å². The van der Waals surface area contributed by atoms with Crippen LogP contribution in [-0.2, 0) is 0 Å². The Morgan fingerprint density at radius 3 is 2.72 bits per heavy atom. The summed E-state index contributed by atoms with van der Waals surface area (Å²) in [6.45, 7) is 4.10. The largest absolute Gasteiger partial charge is 0.397 e. The lowest BCUT2D eigenvalue weighted by atomic mass is 10.2. The molecule has 0 bridgehead atoms. The van der Waals surface area contributed by atoms with Crippen LogP contribution < -0.4 is 11.1 Å². The number of hydrogen-bond acceptors (Lipinski definition) is 3. The van der Waals surface area contributed by atoms with Crippen LogP contribution in [0.3, 0.4) is 0 Å². The van der Waals surface area contributed by atoms with E-state index >= 15 is 0 Å². The Bertz CT molecular complexity index is 383. The fourth-order valence-electron chi connectivity index (χ4n) is 2.74. The summed E-state index contributed by atoms with van der Waals surface area (Å²) in [5.74, 6) is 0. The predicted molar refractivity (Wildman–Crippen MR) is 79.0 cm³/mol. The second kappa shape index (κ2) is 6.10. The molecule has 3 heteroatoms. The smallest absolute Gasteiger partial charge is 0.0574 e. The molecule has 3 nitrogen and oxygen atoms in total. The number of rotatable bonds is 5. The summed E-state index contributed by atoms with van der Waals surface area (Å²) >= 11 is 0. The molecule has 1 saturated carbocycles. The van der Waals surface area contributed by atoms with Crippen LogP contribution in [0.25, 0.3) is 0 Å². The van der Waals surface area contributed by atoms with Crippen LogP contribution in [0.5, 0.6) is 0 Å². The average molecular weight is 247 g/mol. The molecule has 1 aliphatic carbocycles. The fraction of sp³-hybridized carbons (Fsp3) is 0.600. The Balaban J connectivity index is 1.77. The van der Waals surface area contributed by atoms with Crippen molar-refractivity contribution in [2.45, 2.75) is 38.6 Å². The van der Waals surface area contributed by atoms with Crippen molar-refractivity contribution in [1.82, 2.24) is 4.90 Å². The highest BCUT2D eigenvalue weighted by molar-refractivity contribution is 5.66. The molecule has 1 fully saturated rings. The number of nitrogens with two attached hydrogens (primary N) is 1. The van der Waals surface area contributed by atoms with Gasteiger partial charge in [0, 0.05) is 19.1 Å². The van der Waals surface area contributed by atoms with E-state index in [0.29, 0.717) is 0 Å². The van der Waals surface area contributed by atoms with Crippen LogP contribution in [0.4, 0.5) is 11.4 Å². The van der Waals surface area contributed by atoms with Gasteiger partial charge in [0.1, 0.15) is 0 Å². The predicted octanol–water partition coefficient (Wildman–Crippen LogP) is 2.86. The highest BCUT2D eigenvalue weighted by Gasteiger charge is 2.18. The number of aryl methyl sites for hydroxylation is 1. The molecule has 0 heterocycles. The third-order valence-electron chi connectivity index (χ3n) is 3.94. The monoisotopic (exact) mass is 247 g/mol. The van der Waals surface area contributed by atoms with Crippen LogP contribution in [0.2, 0.25) is 0 Å². The number of benzene rings is 1. The van der Waals surface area contributed by atoms with E-state index in [9.17, 15) is 0 Å². The van der Waals surface area contributed by atoms with Gasteiger partial charge in [0.05, 0.1) is 11.4 Å². The van der Waals surface area contributed by atoms with Gasteiger partial charge >= 0.3 is 0 Å². The first kappa shape index (κ1) is 13.2. The topological polar surface area (TPSA) is 41.3 Å². The number of nitrogen functional groups attached to an aromatic ring is 1. The number of nitrogens with one attached hydrogen (secondary N) is 1. The Morgan fingerprint density at radius 1 is 1.33 bits per heavy atom. The first-order valence-corrected chi connectivity index (χ1v) is 6.97. The summed E-state index contributed by atoms with van der Waals surface area (Å²) in [7, 11) is 2.23. The molecular weight excluding hydrogens is 222 g/mol. The number of anilines is 2. The lowest BCUT2D eigenvalue weighted by Gasteiger charge is -2.24. The zero-order chi connectivity index (χ0) is 13.0. The maximum atomic E-state index is 5.98. The molecule has 1 aromatic carbocycles. The molecular formula is C15H25N3. The van der Waals surface area contributed by atoms with Crippen molar-refractivity contribution in [3.63, 3.8) is 0 Å². The van der Waals surface area contributed by atoms with E-state index in [0.717, 1.165) is 30.5 Å². The minimum atomic E-state index is 0.794. The average Bonchev–Trinajstić information content (AvgIpc) is 2.85. The van der Waals surface area contributed by atoms with Gasteiger partial charge in [0.25, 0.3) is 0 Å². The molecule has 0 atom stereocenters. The molecule has 18 heavy (non-hydrogen) atoms. The molecule has 0 aromatic heterocycles. The maximum absolute atomic E-state index is 5.98. The van der Waals surface area contributed by atoms with Gasteiger partial charge in [-0.3, -0.25) is 0 Å². The van der Waals surface area contributed by atoms with Crippen molar-refractivity contribution in [3.05, 3.63) is 23.8 Å². The summed E-state index contributed by atoms with van der Waals surface area (Å²) < 4.78 is 0. The van der Waals surface area contributed by atoms with Crippen LogP contribution in [0, 0.1) is 6.92 Å². The maximum Gasteiger partial charge on any atom is 0.0574 e. The van der Waals surface area contributed by atoms with Gasteiger partial charge in [-0.05, 0) is 44.5 Å². The number of nitrogens with zero attached hydrogens (tertiary/aromatic N) is 1. The van der Waals surface area contributed by atoms with Crippen molar-refractivity contribution < 1.29 is 0 Å². The molecule has 3 N–H and O–H groups in total. The van der Waals surface area contributed by atoms with Gasteiger partial charge < -0.3 is 16.0 Å². The third kappa shape index (κ3) is 3.39. The van der Waals surface area contributed by atoms with Gasteiger partial charge in [-0.25, -0.2) is 0 Å². The molecule has 0 spiro atoms. The third-order valence-corrected chi connectivity index (χ3v) is 3.94. The fourth-order valence-corrected chi connectivity index (χ4v) is 2.74. The second-order valence-electron chi connectivity index (χ2n) is 5.44. The van der Waals surface area contributed by atoms with Crippen molar-refractivity contribution >= 4 is 11.4 Å². The quantitative estimate of drug-likeness (QED) is 0.786. The molecule has 0 unspecified atom stereocenters. The van der Waals surface area contributed by atoms with Gasteiger partial charge in [-0.15, -0.1) is 0 Å². The zero-order valence-corrected chi connectivity index (χ0v) is 11.6. The highest BCUT2D eigenvalue weighted by Crippen LogP contribution is 2.22. The summed E-state index contributed by atoms with van der Waals surface area (Å²) in [5.41, 5.74) is 9.10. The SMILES string of the molecule is Cc1ccc(NCCN(C)C2CCCC2)c(N)c1. The minimum absolute atomic E-state index is 0.794. The van der Waals surface area contributed by atoms with Gasteiger partial charge in [-0.2, -0.15) is 0 Å². The summed E-state index contributed by atoms with van der Waals surface area (Å²) in [6.07, 6.45) is 5.52. The van der Waals surface area contributed by atoms with Crippen molar-refractivity contribution in [2.24, 2.45) is 0 Å². The minimum Gasteiger partial charge on any atom is -0.397 e. The van der Waals surface area contributed by atoms with Crippen molar-refractivity contribution in [3.8, 4) is 0 Å². The molecule has 0 radical (unpaired) electrons. The van der Waals surface area contributed by atoms with Crippen LogP contribution in [0.1, 0.15) is 31.2 Å². The standard InChI is InChI=1S/C15H25N3/c1-12-7-8-15(14(16)11-12)17-9-10-18(2)13-5-3-4-6-13/h7-8,11,13,17H,3-6,9-10,16H2,1-2H3. The Labute approximate surface area is 110 Å². The van der Waals surface area contributed by atoms with E-state index in [4.69, 9.17) is 5.73 Å². The Morgan fingerprint density at radius 2 is 2.06 bits per heavy atom. The lowest BCUT2D eigenvalue weighted by molar-refractivity contribution is 0.254. The van der Waals surface area contributed by atoms with Gasteiger partial charge in [0.15, 0.2) is 0 Å². The molecule has 1 aromatic rings. The molecule has 2 rings (SSSR count). The van der Waals surface area contributed by atoms with Crippen molar-refractivity contribution in [1.29, 1.82) is 0 Å². The van der Waals surface area contributed by atoms with Crippen LogP contribution in [-0.4, -0.2) is 31.1 Å². The van der Waals surface area contributed by atoms with Gasteiger partial charge in [0.2, 0.25) is 0 Å². The van der Waals surface area contributed by atoms with Crippen LogP contribution in [0.15, 0.2) is 18.2 Å². The van der Waals surface area contributed by atoms with E-state index in [1.165, 1.54) is 31.2 Å². The van der Waals surface area contributed by atoms with Gasteiger partial charge in [-0.1, -0.05) is 18.9 Å². The molecule has 0 aliphatic heterocycles. The Kier molecular flexibility index (Phi) is 4.48. The molecule has 1 aliphatic rings. The zero-order valence-electron chi connectivity index (χ0n) is 11.6. The normalized spacial score (nSPS) is 16.4. The molecule has 0 amide bonds. The molecule has 100 valence electrons. The highest BCUT2D eigenvalue weighted by atomic mass is 15.1. The summed E-state index contributed by atoms with van der Waals surface area (Å²) in [4.78, 5) is 2.48. The molecule has 0 saturated heterocycles. The first-order chi connectivity index (χ1) is 8.66.